The average molecular weight is 345 g/mol. The molecule has 0 aliphatic heterocycles. The number of anilines is 1. The van der Waals surface area contributed by atoms with Crippen molar-refractivity contribution in [2.24, 2.45) is 17.3 Å². The number of aromatic hydroxyl groups is 1. The maximum Gasteiger partial charge on any atom is 0.307 e. The van der Waals surface area contributed by atoms with Crippen LogP contribution in [0.3, 0.4) is 0 Å². The highest BCUT2D eigenvalue weighted by Gasteiger charge is 2.65. The second-order valence-electron chi connectivity index (χ2n) is 6.69. The monoisotopic (exact) mass is 345 g/mol. The minimum Gasteiger partial charge on any atom is -0.506 e. The van der Waals surface area contributed by atoms with Crippen molar-refractivity contribution >= 4 is 17.6 Å². The summed E-state index contributed by atoms with van der Waals surface area (Å²) < 4.78 is 5.47. The SMILES string of the molecule is CCc1nnc(-c2ccc(O)c(NC(=O)[C@@H]3[C@@H](C(=O)O)C3(C)C)c2)o1. The van der Waals surface area contributed by atoms with E-state index in [4.69, 9.17) is 4.42 Å². The molecule has 1 heterocycles. The number of nitrogens with zero attached hydrogens (tertiary/aromatic N) is 2. The third kappa shape index (κ3) is 2.95. The van der Waals surface area contributed by atoms with Crippen LogP contribution in [-0.4, -0.2) is 32.3 Å². The number of amides is 1. The summed E-state index contributed by atoms with van der Waals surface area (Å²) in [5.41, 5.74) is 0.0989. The van der Waals surface area contributed by atoms with Crippen molar-refractivity contribution < 1.29 is 24.2 Å². The second kappa shape index (κ2) is 5.87. The zero-order chi connectivity index (χ0) is 18.4. The summed E-state index contributed by atoms with van der Waals surface area (Å²) in [4.78, 5) is 23.6. The molecule has 1 saturated carbocycles. The number of nitrogens with one attached hydrogen (secondary N) is 1. The molecule has 2 aromatic rings. The van der Waals surface area contributed by atoms with Crippen molar-refractivity contribution in [1.29, 1.82) is 0 Å². The van der Waals surface area contributed by atoms with E-state index in [0.29, 0.717) is 17.9 Å². The number of hydrogen-bond donors (Lipinski definition) is 3. The van der Waals surface area contributed by atoms with Crippen LogP contribution in [0.2, 0.25) is 0 Å². The van der Waals surface area contributed by atoms with Gasteiger partial charge in [-0.05, 0) is 23.6 Å². The Morgan fingerprint density at radius 3 is 2.56 bits per heavy atom. The summed E-state index contributed by atoms with van der Waals surface area (Å²) in [7, 11) is 0. The quantitative estimate of drug-likeness (QED) is 0.710. The Balaban J connectivity index is 1.82. The first-order valence-electron chi connectivity index (χ1n) is 7.95. The van der Waals surface area contributed by atoms with Gasteiger partial charge < -0.3 is 19.9 Å². The number of carboxylic acid groups (broad SMARTS) is 1. The van der Waals surface area contributed by atoms with E-state index >= 15 is 0 Å². The predicted octanol–water partition coefficient (Wildman–Crippen LogP) is 2.30. The minimum atomic E-state index is -0.999. The number of phenols is 1. The smallest absolute Gasteiger partial charge is 0.307 e. The van der Waals surface area contributed by atoms with Gasteiger partial charge in [0.15, 0.2) is 0 Å². The van der Waals surface area contributed by atoms with Gasteiger partial charge in [-0.15, -0.1) is 10.2 Å². The standard InChI is InChI=1S/C17H19N3O5/c1-4-11-19-20-15(25-11)8-5-6-10(21)9(7-8)18-14(22)12-13(16(23)24)17(12,2)3/h5-7,12-13,21H,4H2,1-3H3,(H,18,22)(H,23,24)/t12-,13-/m0/s1. The molecular formula is C17H19N3O5. The van der Waals surface area contributed by atoms with Crippen molar-refractivity contribution in [1.82, 2.24) is 10.2 Å². The van der Waals surface area contributed by atoms with Crippen molar-refractivity contribution in [3.8, 4) is 17.2 Å². The van der Waals surface area contributed by atoms with Crippen molar-refractivity contribution in [3.05, 3.63) is 24.1 Å². The molecule has 8 nitrogen and oxygen atoms in total. The molecule has 25 heavy (non-hydrogen) atoms. The summed E-state index contributed by atoms with van der Waals surface area (Å²) >= 11 is 0. The van der Waals surface area contributed by atoms with Gasteiger partial charge in [0, 0.05) is 12.0 Å². The Morgan fingerprint density at radius 2 is 2.00 bits per heavy atom. The lowest BCUT2D eigenvalue weighted by atomic mass is 10.1. The molecular weight excluding hydrogens is 326 g/mol. The third-order valence-corrected chi connectivity index (χ3v) is 4.65. The van der Waals surface area contributed by atoms with Crippen LogP contribution in [0.25, 0.3) is 11.5 Å². The molecule has 0 unspecified atom stereocenters. The maximum absolute atomic E-state index is 12.4. The summed E-state index contributed by atoms with van der Waals surface area (Å²) in [5.74, 6) is -2.19. The Morgan fingerprint density at radius 1 is 1.28 bits per heavy atom. The number of carboxylic acids is 1. The normalized spacial score (nSPS) is 20.9. The molecule has 1 aromatic heterocycles. The van der Waals surface area contributed by atoms with E-state index in [1.54, 1.807) is 19.9 Å². The predicted molar refractivity (Wildman–Crippen MR) is 87.8 cm³/mol. The number of rotatable bonds is 5. The third-order valence-electron chi connectivity index (χ3n) is 4.65. The lowest BCUT2D eigenvalue weighted by molar-refractivity contribution is -0.140. The zero-order valence-corrected chi connectivity index (χ0v) is 14.1. The second-order valence-corrected chi connectivity index (χ2v) is 6.69. The van der Waals surface area contributed by atoms with Gasteiger partial charge in [-0.25, -0.2) is 0 Å². The topological polar surface area (TPSA) is 126 Å². The van der Waals surface area contributed by atoms with Crippen molar-refractivity contribution in [2.45, 2.75) is 27.2 Å². The summed E-state index contributed by atoms with van der Waals surface area (Å²) in [5, 5.41) is 29.6. The molecule has 1 aliphatic rings. The van der Waals surface area contributed by atoms with E-state index in [1.807, 2.05) is 6.92 Å². The van der Waals surface area contributed by atoms with Gasteiger partial charge in [-0.3, -0.25) is 9.59 Å². The Kier molecular flexibility index (Phi) is 3.98. The average Bonchev–Trinajstić information content (AvgIpc) is 2.92. The number of hydrogen-bond acceptors (Lipinski definition) is 6. The van der Waals surface area contributed by atoms with Crippen LogP contribution < -0.4 is 5.32 Å². The molecule has 8 heteroatoms. The van der Waals surface area contributed by atoms with Crippen molar-refractivity contribution in [3.63, 3.8) is 0 Å². The fourth-order valence-electron chi connectivity index (χ4n) is 3.08. The van der Waals surface area contributed by atoms with E-state index < -0.39 is 29.1 Å². The fourth-order valence-corrected chi connectivity index (χ4v) is 3.08. The highest BCUT2D eigenvalue weighted by atomic mass is 16.4. The van der Waals surface area contributed by atoms with Gasteiger partial charge in [-0.1, -0.05) is 20.8 Å². The Bertz CT molecular complexity index is 843. The van der Waals surface area contributed by atoms with Crippen molar-refractivity contribution in [2.75, 3.05) is 5.32 Å². The van der Waals surface area contributed by atoms with Gasteiger partial charge in [0.05, 0.1) is 17.5 Å². The number of phenolic OH excluding ortho intramolecular Hbond substituents is 1. The lowest BCUT2D eigenvalue weighted by Gasteiger charge is -2.09. The zero-order valence-electron chi connectivity index (χ0n) is 14.1. The molecule has 1 aromatic carbocycles. The molecule has 0 radical (unpaired) electrons. The number of aliphatic carboxylic acids is 1. The summed E-state index contributed by atoms with van der Waals surface area (Å²) in [6, 6.07) is 4.53. The van der Waals surface area contributed by atoms with Gasteiger partial charge >= 0.3 is 5.97 Å². The van der Waals surface area contributed by atoms with Crippen LogP contribution >= 0.6 is 0 Å². The van der Waals surface area contributed by atoms with E-state index in [1.165, 1.54) is 12.1 Å². The minimum absolute atomic E-state index is 0.127. The van der Waals surface area contributed by atoms with Gasteiger partial charge in [0.25, 0.3) is 0 Å². The van der Waals surface area contributed by atoms with Crippen LogP contribution in [-0.2, 0) is 16.0 Å². The van der Waals surface area contributed by atoms with Crippen LogP contribution in [0.1, 0.15) is 26.7 Å². The number of aromatic nitrogens is 2. The summed E-state index contributed by atoms with van der Waals surface area (Å²) in [6.45, 7) is 5.35. The van der Waals surface area contributed by atoms with Gasteiger partial charge in [0.1, 0.15) is 5.75 Å². The Hall–Kier alpha value is -2.90. The first-order valence-corrected chi connectivity index (χ1v) is 7.95. The molecule has 0 saturated heterocycles. The largest absolute Gasteiger partial charge is 0.506 e. The molecule has 1 fully saturated rings. The Labute approximate surface area is 143 Å². The first-order chi connectivity index (χ1) is 11.8. The van der Waals surface area contributed by atoms with Crippen LogP contribution in [0.4, 0.5) is 5.69 Å². The molecule has 3 rings (SSSR count). The molecule has 1 aliphatic carbocycles. The number of aryl methyl sites for hydroxylation is 1. The van der Waals surface area contributed by atoms with E-state index in [9.17, 15) is 19.8 Å². The van der Waals surface area contributed by atoms with E-state index in [-0.39, 0.29) is 17.3 Å². The highest BCUT2D eigenvalue weighted by Crippen LogP contribution is 2.58. The molecule has 132 valence electrons. The summed E-state index contributed by atoms with van der Waals surface area (Å²) in [6.07, 6.45) is 0.599. The van der Waals surface area contributed by atoms with E-state index in [0.717, 1.165) is 0 Å². The number of benzene rings is 1. The molecule has 1 amide bonds. The number of carbonyl (C=O) groups excluding carboxylic acids is 1. The van der Waals surface area contributed by atoms with Gasteiger partial charge in [0.2, 0.25) is 17.7 Å². The highest BCUT2D eigenvalue weighted by molar-refractivity contribution is 6.00. The molecule has 2 atom stereocenters. The fraction of sp³-hybridized carbons (Fsp3) is 0.412. The van der Waals surface area contributed by atoms with Crippen LogP contribution in [0.15, 0.2) is 22.6 Å². The molecule has 0 spiro atoms. The lowest BCUT2D eigenvalue weighted by Crippen LogP contribution is -2.17. The van der Waals surface area contributed by atoms with Gasteiger partial charge in [-0.2, -0.15) is 0 Å². The maximum atomic E-state index is 12.4. The van der Waals surface area contributed by atoms with E-state index in [2.05, 4.69) is 15.5 Å². The first kappa shape index (κ1) is 16.9. The molecule has 3 N–H and O–H groups in total. The van der Waals surface area contributed by atoms with Crippen LogP contribution in [0, 0.1) is 17.3 Å². The molecule has 0 bridgehead atoms. The van der Waals surface area contributed by atoms with Crippen LogP contribution in [0.5, 0.6) is 5.75 Å². The number of carbonyl (C=O) groups is 2.